The fourth-order valence-electron chi connectivity index (χ4n) is 1.07. The van der Waals surface area contributed by atoms with E-state index in [0.29, 0.717) is 5.69 Å². The molecule has 1 rings (SSSR count). The molecular weight excluding hydrogens is 178 g/mol. The van der Waals surface area contributed by atoms with Crippen LogP contribution in [0.25, 0.3) is 0 Å². The summed E-state index contributed by atoms with van der Waals surface area (Å²) >= 11 is 0. The van der Waals surface area contributed by atoms with E-state index in [2.05, 4.69) is 11.2 Å². The summed E-state index contributed by atoms with van der Waals surface area (Å²) in [5.74, 6) is 1.51. The second-order valence-electron chi connectivity index (χ2n) is 2.88. The summed E-state index contributed by atoms with van der Waals surface area (Å²) in [5, 5.41) is 11.8. The molecule has 0 radical (unpaired) electrons. The third-order valence-electron chi connectivity index (χ3n) is 1.78. The van der Waals surface area contributed by atoms with Crippen LogP contribution in [0.15, 0.2) is 24.3 Å². The van der Waals surface area contributed by atoms with Gasteiger partial charge >= 0.3 is 5.97 Å². The maximum absolute atomic E-state index is 10.8. The van der Waals surface area contributed by atoms with E-state index in [1.54, 1.807) is 25.1 Å². The first-order valence-electron chi connectivity index (χ1n) is 4.20. The molecule has 1 aromatic rings. The van der Waals surface area contributed by atoms with Gasteiger partial charge in [-0.3, -0.25) is 0 Å². The van der Waals surface area contributed by atoms with Crippen LogP contribution in [0, 0.1) is 12.3 Å². The smallest absolute Gasteiger partial charge is 0.337 e. The Morgan fingerprint density at radius 2 is 2.21 bits per heavy atom. The van der Waals surface area contributed by atoms with Crippen molar-refractivity contribution in [1.82, 2.24) is 0 Å². The highest BCUT2D eigenvalue weighted by Crippen LogP contribution is 2.15. The first kappa shape index (κ1) is 10.1. The highest BCUT2D eigenvalue weighted by atomic mass is 16.4. The van der Waals surface area contributed by atoms with Crippen LogP contribution in [-0.2, 0) is 0 Å². The number of rotatable bonds is 3. The average Bonchev–Trinajstić information content (AvgIpc) is 2.18. The number of anilines is 1. The Morgan fingerprint density at radius 1 is 1.57 bits per heavy atom. The number of para-hydroxylation sites is 1. The Bertz CT molecular complexity index is 379. The summed E-state index contributed by atoms with van der Waals surface area (Å²) in [6.45, 7) is 1.79. The van der Waals surface area contributed by atoms with Gasteiger partial charge in [-0.05, 0) is 19.1 Å². The summed E-state index contributed by atoms with van der Waals surface area (Å²) in [5.41, 5.74) is 0.778. The molecule has 0 saturated heterocycles. The van der Waals surface area contributed by atoms with E-state index in [4.69, 9.17) is 11.5 Å². The lowest BCUT2D eigenvalue weighted by Gasteiger charge is -2.11. The van der Waals surface area contributed by atoms with Crippen LogP contribution in [0.4, 0.5) is 5.69 Å². The summed E-state index contributed by atoms with van der Waals surface area (Å²) in [6.07, 6.45) is 5.19. The number of carbonyl (C=O) groups is 1. The minimum absolute atomic E-state index is 0.185. The van der Waals surface area contributed by atoms with Gasteiger partial charge in [-0.15, -0.1) is 6.42 Å². The number of terminal acetylenes is 1. The van der Waals surface area contributed by atoms with Gasteiger partial charge in [0.1, 0.15) is 0 Å². The average molecular weight is 189 g/mol. The Labute approximate surface area is 82.8 Å². The molecule has 1 aromatic carbocycles. The highest BCUT2D eigenvalue weighted by molar-refractivity contribution is 5.94. The van der Waals surface area contributed by atoms with Crippen molar-refractivity contribution in [3.8, 4) is 12.3 Å². The van der Waals surface area contributed by atoms with Gasteiger partial charge in [0.05, 0.1) is 11.6 Å². The largest absolute Gasteiger partial charge is 0.478 e. The SMILES string of the molecule is C#CC(C)Nc1ccccc1C(=O)O. The molecule has 0 aliphatic rings. The van der Waals surface area contributed by atoms with E-state index in [1.807, 2.05) is 0 Å². The second kappa shape index (κ2) is 4.33. The Balaban J connectivity index is 2.97. The normalized spacial score (nSPS) is 11.4. The summed E-state index contributed by atoms with van der Waals surface area (Å²) < 4.78 is 0. The van der Waals surface area contributed by atoms with Crippen molar-refractivity contribution in [1.29, 1.82) is 0 Å². The van der Waals surface area contributed by atoms with Crippen molar-refractivity contribution in [2.24, 2.45) is 0 Å². The predicted octanol–water partition coefficient (Wildman–Crippen LogP) is 1.82. The molecular formula is C11H11NO2. The summed E-state index contributed by atoms with van der Waals surface area (Å²) in [4.78, 5) is 10.8. The van der Waals surface area contributed by atoms with E-state index in [0.717, 1.165) is 0 Å². The lowest BCUT2D eigenvalue weighted by atomic mass is 10.1. The monoisotopic (exact) mass is 189 g/mol. The van der Waals surface area contributed by atoms with Gasteiger partial charge < -0.3 is 10.4 Å². The van der Waals surface area contributed by atoms with Crippen molar-refractivity contribution in [2.75, 3.05) is 5.32 Å². The van der Waals surface area contributed by atoms with Gasteiger partial charge in [-0.1, -0.05) is 18.1 Å². The predicted molar refractivity (Wildman–Crippen MR) is 55.3 cm³/mol. The number of carboxylic acids is 1. The van der Waals surface area contributed by atoms with Crippen molar-refractivity contribution < 1.29 is 9.90 Å². The fraction of sp³-hybridized carbons (Fsp3) is 0.182. The van der Waals surface area contributed by atoms with Crippen LogP contribution in [-0.4, -0.2) is 17.1 Å². The number of carboxylic acid groups (broad SMARTS) is 1. The Morgan fingerprint density at radius 3 is 2.79 bits per heavy atom. The first-order valence-corrected chi connectivity index (χ1v) is 4.20. The standard InChI is InChI=1S/C11H11NO2/c1-3-8(2)12-10-7-5-4-6-9(10)11(13)14/h1,4-8,12H,2H3,(H,13,14). The maximum atomic E-state index is 10.8. The second-order valence-corrected chi connectivity index (χ2v) is 2.88. The molecule has 0 aliphatic carbocycles. The molecule has 3 heteroatoms. The van der Waals surface area contributed by atoms with E-state index in [1.165, 1.54) is 6.07 Å². The number of hydrogen-bond acceptors (Lipinski definition) is 2. The van der Waals surface area contributed by atoms with E-state index >= 15 is 0 Å². The zero-order valence-electron chi connectivity index (χ0n) is 7.82. The number of nitrogens with one attached hydrogen (secondary N) is 1. The highest BCUT2D eigenvalue weighted by Gasteiger charge is 2.09. The van der Waals surface area contributed by atoms with Gasteiger partial charge in [-0.2, -0.15) is 0 Å². The van der Waals surface area contributed by atoms with E-state index < -0.39 is 5.97 Å². The third kappa shape index (κ3) is 2.27. The van der Waals surface area contributed by atoms with Crippen LogP contribution in [0.5, 0.6) is 0 Å². The van der Waals surface area contributed by atoms with Gasteiger partial charge in [0.2, 0.25) is 0 Å². The lowest BCUT2D eigenvalue weighted by Crippen LogP contribution is -2.14. The molecule has 0 aromatic heterocycles. The van der Waals surface area contributed by atoms with Crippen molar-refractivity contribution >= 4 is 11.7 Å². The number of hydrogen-bond donors (Lipinski definition) is 2. The van der Waals surface area contributed by atoms with Crippen molar-refractivity contribution in [2.45, 2.75) is 13.0 Å². The molecule has 0 aliphatic heterocycles. The Hall–Kier alpha value is -1.95. The number of benzene rings is 1. The molecule has 14 heavy (non-hydrogen) atoms. The van der Waals surface area contributed by atoms with Crippen LogP contribution in [0.3, 0.4) is 0 Å². The van der Waals surface area contributed by atoms with Gasteiger partial charge in [0.25, 0.3) is 0 Å². The molecule has 0 heterocycles. The molecule has 0 saturated carbocycles. The zero-order chi connectivity index (χ0) is 10.6. The summed E-state index contributed by atoms with van der Waals surface area (Å²) in [6, 6.07) is 6.48. The third-order valence-corrected chi connectivity index (χ3v) is 1.78. The van der Waals surface area contributed by atoms with Crippen LogP contribution in [0.1, 0.15) is 17.3 Å². The molecule has 3 nitrogen and oxygen atoms in total. The molecule has 1 atom stereocenters. The zero-order valence-corrected chi connectivity index (χ0v) is 7.82. The maximum Gasteiger partial charge on any atom is 0.337 e. The first-order chi connectivity index (χ1) is 6.65. The van der Waals surface area contributed by atoms with Crippen molar-refractivity contribution in [3.05, 3.63) is 29.8 Å². The summed E-state index contributed by atoms with van der Waals surface area (Å²) in [7, 11) is 0. The molecule has 0 bridgehead atoms. The molecule has 0 fully saturated rings. The molecule has 0 amide bonds. The molecule has 2 N–H and O–H groups in total. The molecule has 0 spiro atoms. The van der Waals surface area contributed by atoms with E-state index in [9.17, 15) is 4.79 Å². The van der Waals surface area contributed by atoms with Gasteiger partial charge in [-0.25, -0.2) is 4.79 Å². The van der Waals surface area contributed by atoms with Gasteiger partial charge in [0.15, 0.2) is 0 Å². The minimum Gasteiger partial charge on any atom is -0.478 e. The van der Waals surface area contributed by atoms with Crippen LogP contribution in [0.2, 0.25) is 0 Å². The van der Waals surface area contributed by atoms with E-state index in [-0.39, 0.29) is 11.6 Å². The quantitative estimate of drug-likeness (QED) is 0.713. The Kier molecular flexibility index (Phi) is 3.14. The topological polar surface area (TPSA) is 49.3 Å². The lowest BCUT2D eigenvalue weighted by molar-refractivity contribution is 0.0698. The molecule has 72 valence electrons. The number of aromatic carboxylic acids is 1. The fourth-order valence-corrected chi connectivity index (χ4v) is 1.07. The molecule has 1 unspecified atom stereocenters. The van der Waals surface area contributed by atoms with Crippen LogP contribution >= 0.6 is 0 Å². The van der Waals surface area contributed by atoms with Crippen molar-refractivity contribution in [3.63, 3.8) is 0 Å². The van der Waals surface area contributed by atoms with Crippen LogP contribution < -0.4 is 5.32 Å². The van der Waals surface area contributed by atoms with Gasteiger partial charge in [0, 0.05) is 5.69 Å². The minimum atomic E-state index is -0.961.